The summed E-state index contributed by atoms with van der Waals surface area (Å²) in [5.74, 6) is 2.81. The van der Waals surface area contributed by atoms with E-state index in [0.717, 1.165) is 4.58 Å². The molecule has 1 aliphatic rings. The van der Waals surface area contributed by atoms with E-state index in [9.17, 15) is 0 Å². The molecule has 0 bridgehead atoms. The molecule has 0 radical (unpaired) electrons. The van der Waals surface area contributed by atoms with Crippen LogP contribution in [0.5, 0.6) is 0 Å². The van der Waals surface area contributed by atoms with Gasteiger partial charge in [-0.25, -0.2) is 0 Å². The molecule has 1 unspecified atom stereocenters. The van der Waals surface area contributed by atoms with Crippen molar-refractivity contribution in [3.05, 3.63) is 0 Å². The summed E-state index contributed by atoms with van der Waals surface area (Å²) in [5.41, 5.74) is 0. The van der Waals surface area contributed by atoms with E-state index in [2.05, 4.69) is 51.5 Å². The average molecular weight is 349 g/mol. The second-order valence-corrected chi connectivity index (χ2v) is 26.3. The van der Waals surface area contributed by atoms with Gasteiger partial charge in [-0.2, -0.15) is 0 Å². The Labute approximate surface area is 95.3 Å². The quantitative estimate of drug-likeness (QED) is 0.671. The molecule has 12 heavy (non-hydrogen) atoms. The van der Waals surface area contributed by atoms with Gasteiger partial charge in [0, 0.05) is 0 Å². The summed E-state index contributed by atoms with van der Waals surface area (Å²) < 4.78 is 0.991. The first-order chi connectivity index (χ1) is 5.86. The summed E-state index contributed by atoms with van der Waals surface area (Å²) in [6.07, 6.45) is 5.13. The van der Waals surface area contributed by atoms with Crippen LogP contribution in [0.1, 0.15) is 19.8 Å². The first-order valence-corrected chi connectivity index (χ1v) is 17.5. The fraction of sp³-hybridized carbons (Fsp3) is 1.00. The van der Waals surface area contributed by atoms with Gasteiger partial charge >= 0.3 is 96.4 Å². The molecule has 1 aliphatic heterocycles. The van der Waals surface area contributed by atoms with Gasteiger partial charge in [-0.15, -0.1) is 0 Å². The fourth-order valence-electron chi connectivity index (χ4n) is 0.685. The van der Waals surface area contributed by atoms with Crippen LogP contribution < -0.4 is 0 Å². The summed E-state index contributed by atoms with van der Waals surface area (Å²) in [6, 6.07) is 0. The summed E-state index contributed by atoms with van der Waals surface area (Å²) in [5, 5.41) is 0. The third kappa shape index (κ3) is 4.63. The van der Waals surface area contributed by atoms with Gasteiger partial charge in [0.2, 0.25) is 0 Å². The summed E-state index contributed by atoms with van der Waals surface area (Å²) in [6.45, 7) is 2.29. The molecule has 1 atom stereocenters. The number of hydrogen-bond donors (Lipinski definition) is 0. The Morgan fingerprint density at radius 2 is 2.33 bits per heavy atom. The molecule has 72 valence electrons. The van der Waals surface area contributed by atoms with Crippen LogP contribution in [0.3, 0.4) is 0 Å². The molecule has 0 saturated carbocycles. The van der Waals surface area contributed by atoms with E-state index in [1.54, 1.807) is 0 Å². The van der Waals surface area contributed by atoms with Gasteiger partial charge < -0.3 is 0 Å². The van der Waals surface area contributed by atoms with E-state index in [-0.39, 0.29) is 0 Å². The van der Waals surface area contributed by atoms with Crippen LogP contribution in [-0.2, 0) is 0 Å². The normalized spacial score (nSPS) is 22.8. The van der Waals surface area contributed by atoms with Crippen molar-refractivity contribution in [3.63, 3.8) is 0 Å². The zero-order chi connectivity index (χ0) is 8.81. The van der Waals surface area contributed by atoms with Crippen LogP contribution in [0, 0.1) is 0 Å². The van der Waals surface area contributed by atoms with Gasteiger partial charge in [-0.1, -0.05) is 0 Å². The van der Waals surface area contributed by atoms with E-state index >= 15 is 0 Å². The van der Waals surface area contributed by atoms with Gasteiger partial charge in [0.25, 0.3) is 0 Å². The molecule has 0 aromatic carbocycles. The Morgan fingerprint density at radius 3 is 2.75 bits per heavy atom. The molecule has 1 heterocycles. The Morgan fingerprint density at radius 1 is 1.58 bits per heavy atom. The molecule has 1 saturated heterocycles. The predicted octanol–water partition coefficient (Wildman–Crippen LogP) is 3.67. The average Bonchev–Trinajstić information content (AvgIpc) is 2.02. The van der Waals surface area contributed by atoms with Crippen molar-refractivity contribution in [1.29, 1.82) is 0 Å². The van der Waals surface area contributed by atoms with Crippen LogP contribution in [0.2, 0.25) is 0 Å². The number of hydrogen-bond acceptors (Lipinski definition) is 4. The molecule has 0 N–H and O–H groups in total. The molecule has 0 aromatic heterocycles. The Bertz CT molecular complexity index is 118. The summed E-state index contributed by atoms with van der Waals surface area (Å²) in [7, 11) is 6.82. The second-order valence-electron chi connectivity index (χ2n) is 2.43. The Balaban J connectivity index is 2.06. The molecule has 0 aliphatic carbocycles. The summed E-state index contributed by atoms with van der Waals surface area (Å²) in [4.78, 5) is 0. The van der Waals surface area contributed by atoms with Gasteiger partial charge in [-0.05, 0) is 0 Å². The minimum atomic E-state index is -0.944. The van der Waals surface area contributed by atoms with Gasteiger partial charge in [0.1, 0.15) is 0 Å². The van der Waals surface area contributed by atoms with Crippen LogP contribution >= 0.6 is 38.3 Å². The van der Waals surface area contributed by atoms with E-state index in [1.165, 1.54) is 24.3 Å². The Hall–Kier alpha value is 2.22. The van der Waals surface area contributed by atoms with Gasteiger partial charge in [0.05, 0.1) is 0 Å². The Kier molecular flexibility index (Phi) is 7.68. The first-order valence-electron chi connectivity index (χ1n) is 4.12. The van der Waals surface area contributed by atoms with Crippen molar-refractivity contribution in [2.24, 2.45) is 0 Å². The van der Waals surface area contributed by atoms with Crippen LogP contribution in [0.4, 0.5) is 0 Å². The molecule has 5 heteroatoms. The van der Waals surface area contributed by atoms with Gasteiger partial charge in [0.15, 0.2) is 0 Å². The van der Waals surface area contributed by atoms with Crippen molar-refractivity contribution in [2.45, 2.75) is 24.3 Å². The van der Waals surface area contributed by atoms with Crippen LogP contribution in [0.15, 0.2) is 0 Å². The maximum absolute atomic E-state index is 2.34. The molecule has 0 amide bonds. The maximum atomic E-state index is 2.34. The van der Waals surface area contributed by atoms with Crippen LogP contribution in [0.25, 0.3) is 0 Å². The van der Waals surface area contributed by atoms with E-state index in [0.29, 0.717) is 0 Å². The monoisotopic (exact) mass is 348 g/mol. The third-order valence-electron chi connectivity index (χ3n) is 1.41. The number of rotatable bonds is 6. The topological polar surface area (TPSA) is 0 Å². The molecule has 1 rings (SSSR count). The van der Waals surface area contributed by atoms with Crippen molar-refractivity contribution in [2.75, 3.05) is 17.8 Å². The second kappa shape index (κ2) is 7.50. The van der Waals surface area contributed by atoms with Crippen molar-refractivity contribution < 1.29 is 0 Å². The van der Waals surface area contributed by atoms with Crippen molar-refractivity contribution in [1.82, 2.24) is 0 Å². The molecule has 0 spiro atoms. The molecule has 1 fully saturated rings. The fourth-order valence-corrected chi connectivity index (χ4v) is 28.1. The zero-order valence-electron chi connectivity index (χ0n) is 7.49. The third-order valence-corrected chi connectivity index (χ3v) is 29.5. The molecule has 0 nitrogen and oxygen atoms in total. The van der Waals surface area contributed by atoms with E-state index in [4.69, 9.17) is 0 Å². The molecular weight excluding hydrogens is 334 g/mol. The van der Waals surface area contributed by atoms with Crippen molar-refractivity contribution >= 4 is 54.3 Å². The van der Waals surface area contributed by atoms with E-state index in [1.807, 2.05) is 0 Å². The first kappa shape index (κ1) is 12.3. The number of thioether (sulfide) groups is 1. The minimum absolute atomic E-state index is 0.944. The van der Waals surface area contributed by atoms with E-state index < -0.39 is 16.0 Å². The standard InChI is InChI=1S/C3H6S2.C3H8S.CH4S.Sb/c4-3-1-2-5-3;1-2-3-4;1-2;/h3-4H,1-2H2;4H,2-3H2,1H3;2H,1H3;/q;;;+3/p-3. The predicted molar refractivity (Wildman–Crippen MR) is 70.5 cm³/mol. The summed E-state index contributed by atoms with van der Waals surface area (Å²) >= 11 is 1.22. The van der Waals surface area contributed by atoms with Gasteiger partial charge in [-0.3, -0.25) is 0 Å². The zero-order valence-corrected chi connectivity index (χ0v) is 13.3. The molecule has 0 aromatic rings. The van der Waals surface area contributed by atoms with Crippen LogP contribution in [-0.4, -0.2) is 38.3 Å². The SMILES string of the molecule is CCC[S][Sb]([S]C)[S]C1CCS1. The molecular formula is C7H15S4Sb. The van der Waals surface area contributed by atoms with Crippen molar-refractivity contribution in [3.8, 4) is 0 Å².